The molecule has 6 heteroatoms. The molecule has 0 aromatic heterocycles. The zero-order chi connectivity index (χ0) is 21.4. The highest BCUT2D eigenvalue weighted by molar-refractivity contribution is 6.06. The summed E-state index contributed by atoms with van der Waals surface area (Å²) in [6, 6.07) is 16.1. The second-order valence-corrected chi connectivity index (χ2v) is 8.26. The van der Waals surface area contributed by atoms with Gasteiger partial charge in [0.05, 0.1) is 17.0 Å². The van der Waals surface area contributed by atoms with Crippen LogP contribution in [0.4, 0.5) is 11.4 Å². The van der Waals surface area contributed by atoms with Crippen molar-refractivity contribution in [2.45, 2.75) is 26.7 Å². The minimum Gasteiger partial charge on any atom is -0.342 e. The summed E-state index contributed by atoms with van der Waals surface area (Å²) in [4.78, 5) is 30.0. The number of hydrogen-bond acceptors (Lipinski definition) is 5. The molecule has 0 saturated carbocycles. The Balaban J connectivity index is 1.54. The molecule has 6 nitrogen and oxygen atoms in total. The highest BCUT2D eigenvalue weighted by atomic mass is 16.1. The molecule has 158 valence electrons. The fourth-order valence-electron chi connectivity index (χ4n) is 4.54. The molecule has 3 heterocycles. The second-order valence-electron chi connectivity index (χ2n) is 8.26. The molecule has 0 unspecified atom stereocenters. The van der Waals surface area contributed by atoms with Crippen LogP contribution in [0.2, 0.25) is 0 Å². The molecule has 3 aliphatic heterocycles. The fraction of sp³-hybridized carbons (Fsp3) is 0.320. The standard InChI is InChI=1S/C25H27N5O/c1-17-10-11-19(30-15-7-14-29-13-6-12-26-25(29)30)16-22(17)27-18(2)23-20-8-4-3-5-9-21(20)28-24(23)31/h3-5,8-11,16H,6-7,12-15H2,1-2H3,(H,28,31). The van der Waals surface area contributed by atoms with Crippen LogP contribution in [0.25, 0.3) is 11.3 Å². The lowest BCUT2D eigenvalue weighted by atomic mass is 10.1. The molecule has 1 aromatic rings. The Bertz CT molecular complexity index is 1210. The number of anilines is 1. The number of aryl methyl sites for hydroxylation is 1. The highest BCUT2D eigenvalue weighted by Crippen LogP contribution is 2.30. The van der Waals surface area contributed by atoms with Gasteiger partial charge in [-0.3, -0.25) is 14.8 Å². The molecule has 1 aromatic carbocycles. The van der Waals surface area contributed by atoms with Crippen molar-refractivity contribution in [3.63, 3.8) is 0 Å². The summed E-state index contributed by atoms with van der Waals surface area (Å²) >= 11 is 0. The van der Waals surface area contributed by atoms with Gasteiger partial charge in [0.1, 0.15) is 0 Å². The number of H-pyrrole nitrogens is 1. The Morgan fingerprint density at radius 1 is 1.06 bits per heavy atom. The summed E-state index contributed by atoms with van der Waals surface area (Å²) < 4.78 is 0. The summed E-state index contributed by atoms with van der Waals surface area (Å²) in [7, 11) is 0. The summed E-state index contributed by atoms with van der Waals surface area (Å²) in [5.41, 5.74) is 6.06. The number of benzene rings is 1. The van der Waals surface area contributed by atoms with Gasteiger partial charge < -0.3 is 14.8 Å². The molecule has 0 bridgehead atoms. The Labute approximate surface area is 182 Å². The van der Waals surface area contributed by atoms with E-state index < -0.39 is 0 Å². The van der Waals surface area contributed by atoms with Crippen LogP contribution in [0, 0.1) is 6.92 Å². The van der Waals surface area contributed by atoms with Crippen molar-refractivity contribution in [2.75, 3.05) is 31.1 Å². The van der Waals surface area contributed by atoms with Gasteiger partial charge in [0.25, 0.3) is 5.56 Å². The molecule has 31 heavy (non-hydrogen) atoms. The quantitative estimate of drug-likeness (QED) is 0.655. The lowest BCUT2D eigenvalue weighted by Crippen LogP contribution is -2.52. The fourth-order valence-corrected chi connectivity index (χ4v) is 4.54. The molecule has 0 atom stereocenters. The Kier molecular flexibility index (Phi) is 5.06. The van der Waals surface area contributed by atoms with Crippen LogP contribution < -0.4 is 10.5 Å². The number of aromatic nitrogens is 1. The number of rotatable bonds is 3. The maximum absolute atomic E-state index is 12.7. The van der Waals surface area contributed by atoms with E-state index in [1.807, 2.05) is 37.3 Å². The first-order valence-electron chi connectivity index (χ1n) is 11.0. The minimum atomic E-state index is -0.0977. The van der Waals surface area contributed by atoms with E-state index in [0.717, 1.165) is 78.9 Å². The third-order valence-corrected chi connectivity index (χ3v) is 6.11. The molecular formula is C25H27N5O. The predicted molar refractivity (Wildman–Crippen MR) is 127 cm³/mol. The van der Waals surface area contributed by atoms with Gasteiger partial charge in [-0.1, -0.05) is 30.3 Å². The molecule has 0 radical (unpaired) electrons. The molecule has 1 fully saturated rings. The molecule has 0 spiro atoms. The van der Waals surface area contributed by atoms with E-state index in [1.54, 1.807) is 0 Å². The van der Waals surface area contributed by atoms with E-state index in [0.29, 0.717) is 5.56 Å². The Morgan fingerprint density at radius 2 is 1.90 bits per heavy atom. The lowest BCUT2D eigenvalue weighted by Gasteiger charge is -2.41. The van der Waals surface area contributed by atoms with Crippen LogP contribution in [-0.2, 0) is 0 Å². The zero-order valence-electron chi connectivity index (χ0n) is 18.1. The van der Waals surface area contributed by atoms with Crippen LogP contribution in [0.1, 0.15) is 30.9 Å². The molecule has 4 aliphatic rings. The number of aliphatic imine (C=N–C) groups is 2. The largest absolute Gasteiger partial charge is 0.342 e. The first-order chi connectivity index (χ1) is 15.1. The maximum Gasteiger partial charge on any atom is 0.258 e. The SMILES string of the molecule is CC(=Nc1cc(N2CCCN3CCCN=C32)ccc1C)c1c2cccccc-2[nH]c1=O. The minimum absolute atomic E-state index is 0.0977. The summed E-state index contributed by atoms with van der Waals surface area (Å²) in [5.74, 6) is 1.08. The number of aromatic amines is 1. The number of nitrogens with zero attached hydrogens (tertiary/aromatic N) is 4. The van der Waals surface area contributed by atoms with Crippen LogP contribution in [0.3, 0.4) is 0 Å². The van der Waals surface area contributed by atoms with Gasteiger partial charge in [-0.2, -0.15) is 0 Å². The predicted octanol–water partition coefficient (Wildman–Crippen LogP) is 4.20. The first-order valence-corrected chi connectivity index (χ1v) is 11.0. The summed E-state index contributed by atoms with van der Waals surface area (Å²) in [6.45, 7) is 7.98. The van der Waals surface area contributed by atoms with E-state index in [4.69, 9.17) is 9.98 Å². The van der Waals surface area contributed by atoms with E-state index in [-0.39, 0.29) is 5.56 Å². The Morgan fingerprint density at radius 3 is 2.81 bits per heavy atom. The molecule has 0 amide bonds. The summed E-state index contributed by atoms with van der Waals surface area (Å²) in [6.07, 6.45) is 2.25. The average molecular weight is 414 g/mol. The van der Waals surface area contributed by atoms with E-state index >= 15 is 0 Å². The maximum atomic E-state index is 12.7. The monoisotopic (exact) mass is 413 g/mol. The van der Waals surface area contributed by atoms with Gasteiger partial charge >= 0.3 is 0 Å². The van der Waals surface area contributed by atoms with Crippen molar-refractivity contribution >= 4 is 23.0 Å². The first kappa shape index (κ1) is 19.5. The van der Waals surface area contributed by atoms with Crippen molar-refractivity contribution in [3.8, 4) is 11.3 Å². The third-order valence-electron chi connectivity index (χ3n) is 6.11. The van der Waals surface area contributed by atoms with Crippen LogP contribution in [-0.4, -0.2) is 47.7 Å². The molecule has 1 saturated heterocycles. The van der Waals surface area contributed by atoms with Gasteiger partial charge in [0.2, 0.25) is 5.96 Å². The molecular weight excluding hydrogens is 386 g/mol. The smallest absolute Gasteiger partial charge is 0.258 e. The zero-order valence-corrected chi connectivity index (χ0v) is 18.1. The molecule has 1 N–H and O–H groups in total. The van der Waals surface area contributed by atoms with Crippen LogP contribution >= 0.6 is 0 Å². The molecule has 1 aliphatic carbocycles. The summed E-state index contributed by atoms with van der Waals surface area (Å²) in [5, 5.41) is 0. The Hall–Kier alpha value is -3.41. The van der Waals surface area contributed by atoms with Crippen LogP contribution in [0.15, 0.2) is 63.3 Å². The topological polar surface area (TPSA) is 64.1 Å². The normalized spacial score (nSPS) is 17.0. The van der Waals surface area contributed by atoms with Crippen molar-refractivity contribution in [3.05, 3.63) is 70.0 Å². The molecule has 5 rings (SSSR count). The van der Waals surface area contributed by atoms with Gasteiger partial charge in [0, 0.05) is 43.1 Å². The lowest BCUT2D eigenvalue weighted by molar-refractivity contribution is 0.360. The van der Waals surface area contributed by atoms with E-state index in [9.17, 15) is 4.79 Å². The van der Waals surface area contributed by atoms with Gasteiger partial charge in [-0.05, 0) is 50.5 Å². The number of nitrogens with one attached hydrogen (secondary N) is 1. The van der Waals surface area contributed by atoms with Crippen molar-refractivity contribution in [2.24, 2.45) is 9.98 Å². The number of hydrogen-bond donors (Lipinski definition) is 1. The number of fused-ring (bicyclic) bond motifs is 2. The highest BCUT2D eigenvalue weighted by Gasteiger charge is 2.27. The third kappa shape index (κ3) is 3.63. The van der Waals surface area contributed by atoms with Crippen molar-refractivity contribution < 1.29 is 0 Å². The van der Waals surface area contributed by atoms with Crippen molar-refractivity contribution in [1.29, 1.82) is 0 Å². The van der Waals surface area contributed by atoms with Gasteiger partial charge in [-0.25, -0.2) is 0 Å². The van der Waals surface area contributed by atoms with Crippen molar-refractivity contribution in [1.82, 2.24) is 9.88 Å². The van der Waals surface area contributed by atoms with Gasteiger partial charge in [0.15, 0.2) is 0 Å². The van der Waals surface area contributed by atoms with Gasteiger partial charge in [-0.15, -0.1) is 0 Å². The van der Waals surface area contributed by atoms with Crippen LogP contribution in [0.5, 0.6) is 0 Å². The van der Waals surface area contributed by atoms with E-state index in [2.05, 4.69) is 39.9 Å². The second kappa shape index (κ2) is 8.02. The average Bonchev–Trinajstić information content (AvgIpc) is 2.93. The van der Waals surface area contributed by atoms with E-state index in [1.165, 1.54) is 0 Å². The number of guanidine groups is 1.